The van der Waals surface area contributed by atoms with E-state index in [1.54, 1.807) is 7.05 Å². The molecule has 0 radical (unpaired) electrons. The molecule has 2 aliphatic heterocycles. The topological polar surface area (TPSA) is 76.6 Å². The number of nitrogens with one attached hydrogen (secondary N) is 2. The van der Waals surface area contributed by atoms with Crippen LogP contribution >= 0.6 is 24.0 Å². The number of guanidine groups is 1. The first-order valence-electron chi connectivity index (χ1n) is 9.38. The van der Waals surface area contributed by atoms with Crippen molar-refractivity contribution < 1.29 is 18.9 Å². The Balaban J connectivity index is 0.00000280. The summed E-state index contributed by atoms with van der Waals surface area (Å²) in [5.74, 6) is 3.01. The zero-order chi connectivity index (χ0) is 19.1. The zero-order valence-corrected chi connectivity index (χ0v) is 19.2. The third kappa shape index (κ3) is 6.28. The second-order valence-corrected chi connectivity index (χ2v) is 7.13. The van der Waals surface area contributed by atoms with E-state index < -0.39 is 0 Å². The van der Waals surface area contributed by atoms with Gasteiger partial charge in [-0.15, -0.1) is 24.0 Å². The Hall–Kier alpha value is -1.46. The van der Waals surface area contributed by atoms with Crippen molar-refractivity contribution in [2.75, 3.05) is 59.8 Å². The molecule has 2 heterocycles. The van der Waals surface area contributed by atoms with Crippen LogP contribution in [0.25, 0.3) is 0 Å². The SMILES string of the molecule is CN=C(NCCOc1ccc2c(c1)OCO2)NCC(C)(C)N1CCOCC1.I. The molecule has 0 bridgehead atoms. The fourth-order valence-electron chi connectivity index (χ4n) is 3.11. The van der Waals surface area contributed by atoms with Crippen LogP contribution in [0.5, 0.6) is 17.2 Å². The molecular formula is C19H31IN4O4. The lowest BCUT2D eigenvalue weighted by atomic mass is 10.0. The highest BCUT2D eigenvalue weighted by Gasteiger charge is 2.28. The Kier molecular flexibility index (Phi) is 8.90. The Morgan fingerprint density at radius 2 is 1.93 bits per heavy atom. The molecule has 1 saturated heterocycles. The second kappa shape index (κ2) is 10.9. The van der Waals surface area contributed by atoms with Crippen molar-refractivity contribution in [3.8, 4) is 17.2 Å². The van der Waals surface area contributed by atoms with Gasteiger partial charge in [0.1, 0.15) is 12.4 Å². The summed E-state index contributed by atoms with van der Waals surface area (Å²) in [7, 11) is 1.77. The van der Waals surface area contributed by atoms with Gasteiger partial charge in [0.15, 0.2) is 17.5 Å². The van der Waals surface area contributed by atoms with E-state index in [1.165, 1.54) is 0 Å². The summed E-state index contributed by atoms with van der Waals surface area (Å²) >= 11 is 0. The molecule has 0 aromatic heterocycles. The summed E-state index contributed by atoms with van der Waals surface area (Å²) in [6, 6.07) is 5.59. The number of ether oxygens (including phenoxy) is 4. The van der Waals surface area contributed by atoms with Crippen molar-refractivity contribution in [3.05, 3.63) is 18.2 Å². The van der Waals surface area contributed by atoms with Gasteiger partial charge in [0, 0.05) is 38.3 Å². The number of fused-ring (bicyclic) bond motifs is 1. The normalized spacial score (nSPS) is 17.0. The van der Waals surface area contributed by atoms with Gasteiger partial charge in [0.25, 0.3) is 0 Å². The van der Waals surface area contributed by atoms with E-state index in [4.69, 9.17) is 18.9 Å². The molecule has 158 valence electrons. The minimum absolute atomic E-state index is 0. The van der Waals surface area contributed by atoms with E-state index in [1.807, 2.05) is 18.2 Å². The van der Waals surface area contributed by atoms with E-state index in [0.717, 1.165) is 56.1 Å². The fourth-order valence-corrected chi connectivity index (χ4v) is 3.11. The van der Waals surface area contributed by atoms with Crippen LogP contribution in [0.15, 0.2) is 23.2 Å². The van der Waals surface area contributed by atoms with Gasteiger partial charge in [-0.05, 0) is 26.0 Å². The summed E-state index contributed by atoms with van der Waals surface area (Å²) in [6.07, 6.45) is 0. The first-order chi connectivity index (χ1) is 13.1. The van der Waals surface area contributed by atoms with Crippen LogP contribution in [0.3, 0.4) is 0 Å². The molecule has 3 rings (SSSR count). The van der Waals surface area contributed by atoms with E-state index in [0.29, 0.717) is 13.2 Å². The van der Waals surface area contributed by atoms with Crippen LogP contribution in [0, 0.1) is 0 Å². The van der Waals surface area contributed by atoms with Gasteiger partial charge in [0.05, 0.1) is 19.8 Å². The van der Waals surface area contributed by atoms with Crippen molar-refractivity contribution in [3.63, 3.8) is 0 Å². The molecule has 8 nitrogen and oxygen atoms in total. The predicted octanol–water partition coefficient (Wildman–Crippen LogP) is 1.69. The van der Waals surface area contributed by atoms with Crippen molar-refractivity contribution in [2.24, 2.45) is 4.99 Å². The van der Waals surface area contributed by atoms with Crippen LogP contribution in [0.4, 0.5) is 0 Å². The summed E-state index contributed by atoms with van der Waals surface area (Å²) < 4.78 is 21.9. The lowest BCUT2D eigenvalue weighted by Gasteiger charge is -2.41. The number of hydrogen-bond donors (Lipinski definition) is 2. The highest BCUT2D eigenvalue weighted by Crippen LogP contribution is 2.34. The average molecular weight is 506 g/mol. The molecule has 0 amide bonds. The maximum Gasteiger partial charge on any atom is 0.231 e. The summed E-state index contributed by atoms with van der Waals surface area (Å²) in [5.41, 5.74) is 0.0321. The van der Waals surface area contributed by atoms with Gasteiger partial charge in [-0.2, -0.15) is 0 Å². The molecular weight excluding hydrogens is 475 g/mol. The van der Waals surface area contributed by atoms with Crippen molar-refractivity contribution in [2.45, 2.75) is 19.4 Å². The maximum absolute atomic E-state index is 5.76. The van der Waals surface area contributed by atoms with E-state index in [2.05, 4.69) is 34.4 Å². The first kappa shape index (κ1) is 22.8. The van der Waals surface area contributed by atoms with Gasteiger partial charge in [-0.25, -0.2) is 0 Å². The molecule has 0 unspecified atom stereocenters. The second-order valence-electron chi connectivity index (χ2n) is 7.13. The standard InChI is InChI=1S/C19H30N4O4.HI/c1-19(2,23-7-10-24-11-8-23)13-22-18(20-3)21-6-9-25-15-4-5-16-17(12-15)27-14-26-16;/h4-5,12H,6-11,13-14H2,1-3H3,(H2,20,21,22);1H. The van der Waals surface area contributed by atoms with Crippen molar-refractivity contribution in [1.29, 1.82) is 0 Å². The van der Waals surface area contributed by atoms with Crippen LogP contribution in [-0.4, -0.2) is 76.2 Å². The molecule has 2 N–H and O–H groups in total. The average Bonchev–Trinajstić information content (AvgIpc) is 3.16. The molecule has 2 aliphatic rings. The Morgan fingerprint density at radius 1 is 1.18 bits per heavy atom. The van der Waals surface area contributed by atoms with Gasteiger partial charge in [-0.3, -0.25) is 9.89 Å². The van der Waals surface area contributed by atoms with Crippen LogP contribution in [-0.2, 0) is 4.74 Å². The van der Waals surface area contributed by atoms with E-state index >= 15 is 0 Å². The van der Waals surface area contributed by atoms with Crippen molar-refractivity contribution >= 4 is 29.9 Å². The molecule has 0 spiro atoms. The van der Waals surface area contributed by atoms with E-state index in [9.17, 15) is 0 Å². The summed E-state index contributed by atoms with van der Waals surface area (Å²) in [5, 5.41) is 6.69. The Bertz CT molecular complexity index is 651. The molecule has 9 heteroatoms. The minimum Gasteiger partial charge on any atom is -0.492 e. The van der Waals surface area contributed by atoms with Crippen LogP contribution in [0.2, 0.25) is 0 Å². The quantitative estimate of drug-likeness (QED) is 0.252. The highest BCUT2D eigenvalue weighted by molar-refractivity contribution is 14.0. The highest BCUT2D eigenvalue weighted by atomic mass is 127. The van der Waals surface area contributed by atoms with Gasteiger partial charge in [0.2, 0.25) is 6.79 Å². The first-order valence-corrected chi connectivity index (χ1v) is 9.38. The summed E-state index contributed by atoms with van der Waals surface area (Å²) in [4.78, 5) is 6.73. The van der Waals surface area contributed by atoms with Gasteiger partial charge < -0.3 is 29.6 Å². The monoisotopic (exact) mass is 506 g/mol. The number of benzene rings is 1. The molecule has 1 aromatic rings. The number of halogens is 1. The molecule has 1 aromatic carbocycles. The summed E-state index contributed by atoms with van der Waals surface area (Å²) in [6.45, 7) is 10.2. The lowest BCUT2D eigenvalue weighted by Crippen LogP contribution is -2.56. The fraction of sp³-hybridized carbons (Fsp3) is 0.632. The maximum atomic E-state index is 5.76. The molecule has 28 heavy (non-hydrogen) atoms. The molecule has 1 fully saturated rings. The number of nitrogens with zero attached hydrogens (tertiary/aromatic N) is 2. The Labute approximate surface area is 184 Å². The smallest absolute Gasteiger partial charge is 0.231 e. The molecule has 0 aliphatic carbocycles. The third-order valence-corrected chi connectivity index (χ3v) is 4.79. The zero-order valence-electron chi connectivity index (χ0n) is 16.8. The minimum atomic E-state index is 0. The third-order valence-electron chi connectivity index (χ3n) is 4.79. The number of morpholine rings is 1. The number of hydrogen-bond acceptors (Lipinski definition) is 6. The van der Waals surface area contributed by atoms with Gasteiger partial charge >= 0.3 is 0 Å². The Morgan fingerprint density at radius 3 is 2.68 bits per heavy atom. The molecule has 0 saturated carbocycles. The largest absolute Gasteiger partial charge is 0.492 e. The van der Waals surface area contributed by atoms with Crippen LogP contribution in [0.1, 0.15) is 13.8 Å². The number of aliphatic imine (C=N–C) groups is 1. The lowest BCUT2D eigenvalue weighted by molar-refractivity contribution is -0.00834. The van der Waals surface area contributed by atoms with Crippen molar-refractivity contribution in [1.82, 2.24) is 15.5 Å². The number of rotatable bonds is 7. The van der Waals surface area contributed by atoms with Gasteiger partial charge in [-0.1, -0.05) is 0 Å². The van der Waals surface area contributed by atoms with E-state index in [-0.39, 0.29) is 36.3 Å². The van der Waals surface area contributed by atoms with Crippen LogP contribution < -0.4 is 24.8 Å². The molecule has 0 atom stereocenters. The predicted molar refractivity (Wildman–Crippen MR) is 119 cm³/mol.